The first kappa shape index (κ1) is 18.3. The third-order valence-electron chi connectivity index (χ3n) is 9.62. The first-order valence-corrected chi connectivity index (χ1v) is 11.0. The van der Waals surface area contributed by atoms with Crippen LogP contribution in [0.1, 0.15) is 64.9 Å². The number of carbonyl (C=O) groups excluding carboxylic acids is 1. The van der Waals surface area contributed by atoms with Crippen molar-refractivity contribution in [3.8, 4) is 0 Å². The van der Waals surface area contributed by atoms with E-state index >= 15 is 0 Å². The maximum absolute atomic E-state index is 14.0. The van der Waals surface area contributed by atoms with E-state index < -0.39 is 0 Å². The number of fused-ring (bicyclic) bond motifs is 5. The molecule has 4 aliphatic carbocycles. The minimum absolute atomic E-state index is 0.0418. The Morgan fingerprint density at radius 1 is 1.04 bits per heavy atom. The third-order valence-corrected chi connectivity index (χ3v) is 9.62. The van der Waals surface area contributed by atoms with Crippen molar-refractivity contribution in [1.82, 2.24) is 0 Å². The van der Waals surface area contributed by atoms with Crippen LogP contribution in [0.15, 0.2) is 48.1 Å². The van der Waals surface area contributed by atoms with Gasteiger partial charge in [-0.25, -0.2) is 4.39 Å². The number of halogens is 1. The number of ketones is 1. The van der Waals surface area contributed by atoms with Crippen molar-refractivity contribution < 1.29 is 9.18 Å². The molecule has 6 atom stereocenters. The van der Waals surface area contributed by atoms with Gasteiger partial charge in [0.1, 0.15) is 5.82 Å². The van der Waals surface area contributed by atoms with Crippen molar-refractivity contribution in [1.29, 1.82) is 0 Å². The number of rotatable bonds is 1. The van der Waals surface area contributed by atoms with E-state index in [0.717, 1.165) is 12.8 Å². The highest BCUT2D eigenvalue weighted by Crippen LogP contribution is 2.69. The van der Waals surface area contributed by atoms with Gasteiger partial charge in [-0.2, -0.15) is 0 Å². The van der Waals surface area contributed by atoms with E-state index in [1.165, 1.54) is 36.8 Å². The van der Waals surface area contributed by atoms with Crippen LogP contribution >= 0.6 is 0 Å². The standard InChI is InChI=1S/C26H31FO/c1-24-12-9-20(28)16-17(24)7-8-21-22(24)10-14-26(3)23(21)11-13-25(26,2)18-5-4-6-19(27)15-18/h4-6,9,12,15-16,21-23H,7-8,10-11,13-14H2,1-3H3/t21?,22-,23-,24-,25+,26-/m0/s1. The third kappa shape index (κ3) is 2.27. The highest BCUT2D eigenvalue weighted by molar-refractivity contribution is 6.01. The Balaban J connectivity index is 1.52. The Hall–Kier alpha value is -1.70. The number of carbonyl (C=O) groups is 1. The number of benzene rings is 1. The molecule has 1 aromatic rings. The SMILES string of the molecule is C[C@]12C=CC(=O)C=C1CCC1[C@@H]2CC[C@@]2(C)[C@H]1CC[C@]2(C)c1cccc(F)c1. The first-order valence-electron chi connectivity index (χ1n) is 11.0. The second-order valence-corrected chi connectivity index (χ2v) is 10.4. The fourth-order valence-electron chi connectivity index (χ4n) is 7.77. The smallest absolute Gasteiger partial charge is 0.178 e. The Morgan fingerprint density at radius 2 is 1.82 bits per heavy atom. The van der Waals surface area contributed by atoms with Gasteiger partial charge in [0, 0.05) is 5.41 Å². The minimum atomic E-state index is -0.114. The molecule has 28 heavy (non-hydrogen) atoms. The van der Waals surface area contributed by atoms with Crippen LogP contribution in [-0.2, 0) is 10.2 Å². The monoisotopic (exact) mass is 378 g/mol. The second kappa shape index (κ2) is 5.90. The predicted molar refractivity (Wildman–Crippen MR) is 110 cm³/mol. The Kier molecular flexibility index (Phi) is 3.87. The lowest BCUT2D eigenvalue weighted by molar-refractivity contribution is -0.111. The predicted octanol–water partition coefficient (Wildman–Crippen LogP) is 6.39. The molecule has 0 aromatic heterocycles. The van der Waals surface area contributed by atoms with Crippen LogP contribution in [0.3, 0.4) is 0 Å². The number of allylic oxidation sites excluding steroid dienone is 4. The highest BCUT2D eigenvalue weighted by atomic mass is 19.1. The zero-order valence-corrected chi connectivity index (χ0v) is 17.3. The van der Waals surface area contributed by atoms with Crippen LogP contribution in [0.25, 0.3) is 0 Å². The summed E-state index contributed by atoms with van der Waals surface area (Å²) >= 11 is 0. The molecular formula is C26H31FO. The molecule has 5 rings (SSSR count). The molecule has 0 spiro atoms. The van der Waals surface area contributed by atoms with Crippen molar-refractivity contribution >= 4 is 5.78 Å². The van der Waals surface area contributed by atoms with Crippen LogP contribution in [-0.4, -0.2) is 5.78 Å². The minimum Gasteiger partial charge on any atom is -0.290 e. The molecule has 0 saturated heterocycles. The lowest BCUT2D eigenvalue weighted by Gasteiger charge is -2.59. The maximum atomic E-state index is 14.0. The van der Waals surface area contributed by atoms with Gasteiger partial charge in [-0.3, -0.25) is 4.79 Å². The zero-order valence-electron chi connectivity index (χ0n) is 17.3. The number of hydrogen-bond donors (Lipinski definition) is 0. The molecule has 3 fully saturated rings. The van der Waals surface area contributed by atoms with Crippen LogP contribution in [0.5, 0.6) is 0 Å². The summed E-state index contributed by atoms with van der Waals surface area (Å²) in [5.74, 6) is 2.06. The molecule has 0 aliphatic heterocycles. The van der Waals surface area contributed by atoms with Crippen LogP contribution in [0, 0.1) is 34.4 Å². The van der Waals surface area contributed by atoms with Gasteiger partial charge < -0.3 is 0 Å². The normalized spacial score (nSPS) is 44.5. The molecule has 3 saturated carbocycles. The summed E-state index contributed by atoms with van der Waals surface area (Å²) in [6.45, 7) is 7.23. The van der Waals surface area contributed by atoms with E-state index in [1.54, 1.807) is 18.2 Å². The molecule has 1 unspecified atom stereocenters. The molecule has 0 N–H and O–H groups in total. The molecule has 1 aromatic carbocycles. The summed E-state index contributed by atoms with van der Waals surface area (Å²) in [4.78, 5) is 11.9. The van der Waals surface area contributed by atoms with E-state index in [-0.39, 0.29) is 27.8 Å². The topological polar surface area (TPSA) is 17.1 Å². The summed E-state index contributed by atoms with van der Waals surface area (Å²) in [6, 6.07) is 7.35. The van der Waals surface area contributed by atoms with Gasteiger partial charge in [0.15, 0.2) is 5.78 Å². The van der Waals surface area contributed by atoms with Gasteiger partial charge in [0.2, 0.25) is 0 Å². The van der Waals surface area contributed by atoms with Crippen LogP contribution in [0.2, 0.25) is 0 Å². The average molecular weight is 379 g/mol. The summed E-state index contributed by atoms with van der Waals surface area (Å²) in [5, 5.41) is 0. The zero-order chi connectivity index (χ0) is 19.7. The molecule has 0 bridgehead atoms. The Bertz CT molecular complexity index is 897. The fourth-order valence-corrected chi connectivity index (χ4v) is 7.77. The molecule has 0 radical (unpaired) electrons. The molecule has 148 valence electrons. The summed E-state index contributed by atoms with van der Waals surface area (Å²) < 4.78 is 14.0. The number of hydrogen-bond acceptors (Lipinski definition) is 1. The largest absolute Gasteiger partial charge is 0.290 e. The van der Waals surface area contributed by atoms with Crippen molar-refractivity contribution in [2.75, 3.05) is 0 Å². The lowest BCUT2D eigenvalue weighted by atomic mass is 9.45. The lowest BCUT2D eigenvalue weighted by Crippen LogP contribution is -2.52. The van der Waals surface area contributed by atoms with Crippen molar-refractivity contribution in [2.45, 2.75) is 64.7 Å². The first-order chi connectivity index (χ1) is 13.3. The van der Waals surface area contributed by atoms with Crippen molar-refractivity contribution in [3.63, 3.8) is 0 Å². The molecule has 4 aliphatic rings. The van der Waals surface area contributed by atoms with Gasteiger partial charge in [-0.1, -0.05) is 44.6 Å². The average Bonchev–Trinajstić information content (AvgIpc) is 2.95. The molecule has 2 heteroatoms. The van der Waals surface area contributed by atoms with E-state index in [2.05, 4.69) is 32.9 Å². The van der Waals surface area contributed by atoms with Crippen LogP contribution < -0.4 is 0 Å². The quantitative estimate of drug-likeness (QED) is 0.553. The maximum Gasteiger partial charge on any atom is 0.178 e. The highest BCUT2D eigenvalue weighted by Gasteiger charge is 2.62. The van der Waals surface area contributed by atoms with E-state index in [9.17, 15) is 9.18 Å². The summed E-state index contributed by atoms with van der Waals surface area (Å²) in [5.41, 5.74) is 2.85. The van der Waals surface area contributed by atoms with Gasteiger partial charge in [0.05, 0.1) is 0 Å². The molecule has 0 amide bonds. The van der Waals surface area contributed by atoms with Crippen molar-refractivity contribution in [2.24, 2.45) is 28.6 Å². The van der Waals surface area contributed by atoms with Gasteiger partial charge >= 0.3 is 0 Å². The summed E-state index contributed by atoms with van der Waals surface area (Å²) in [6.07, 6.45) is 13.0. The van der Waals surface area contributed by atoms with E-state index in [4.69, 9.17) is 0 Å². The van der Waals surface area contributed by atoms with Crippen molar-refractivity contribution in [3.05, 3.63) is 59.4 Å². The Morgan fingerprint density at radius 3 is 2.61 bits per heavy atom. The summed E-state index contributed by atoms with van der Waals surface area (Å²) in [7, 11) is 0. The van der Waals surface area contributed by atoms with Gasteiger partial charge in [-0.15, -0.1) is 0 Å². The molecule has 1 nitrogen and oxygen atoms in total. The molecule has 0 heterocycles. The second-order valence-electron chi connectivity index (χ2n) is 10.4. The van der Waals surface area contributed by atoms with E-state index in [0.29, 0.717) is 17.8 Å². The van der Waals surface area contributed by atoms with Gasteiger partial charge in [0.25, 0.3) is 0 Å². The van der Waals surface area contributed by atoms with Crippen LogP contribution in [0.4, 0.5) is 4.39 Å². The van der Waals surface area contributed by atoms with Gasteiger partial charge in [-0.05, 0) is 97.0 Å². The molecular weight excluding hydrogens is 347 g/mol. The fraction of sp³-hybridized carbons (Fsp3) is 0.577. The Labute approximate surface area is 168 Å². The van der Waals surface area contributed by atoms with E-state index in [1.807, 2.05) is 12.1 Å².